The lowest BCUT2D eigenvalue weighted by Crippen LogP contribution is -2.14. The van der Waals surface area contributed by atoms with Gasteiger partial charge in [-0.1, -0.05) is 27.7 Å². The van der Waals surface area contributed by atoms with Crippen molar-refractivity contribution in [3.63, 3.8) is 0 Å². The summed E-state index contributed by atoms with van der Waals surface area (Å²) in [5.41, 5.74) is 0.773. The SMILES string of the molecule is Cc1nn(C)c(NC2C(C)(C)C2(C)C)c1[N+](=O)[O-]. The molecular weight excluding hydrogens is 232 g/mol. The Bertz CT molecular complexity index is 502. The van der Waals surface area contributed by atoms with Crippen molar-refractivity contribution in [3.8, 4) is 0 Å². The van der Waals surface area contributed by atoms with E-state index >= 15 is 0 Å². The number of nitro groups is 1. The van der Waals surface area contributed by atoms with E-state index in [4.69, 9.17) is 0 Å². The van der Waals surface area contributed by atoms with E-state index in [-0.39, 0.29) is 27.5 Å². The van der Waals surface area contributed by atoms with Crippen LogP contribution in [0.15, 0.2) is 0 Å². The maximum Gasteiger partial charge on any atom is 0.333 e. The molecule has 1 aromatic rings. The minimum Gasteiger partial charge on any atom is -0.361 e. The van der Waals surface area contributed by atoms with Crippen LogP contribution < -0.4 is 5.32 Å². The number of aromatic nitrogens is 2. The molecule has 0 saturated heterocycles. The summed E-state index contributed by atoms with van der Waals surface area (Å²) in [4.78, 5) is 10.7. The summed E-state index contributed by atoms with van der Waals surface area (Å²) in [5, 5.41) is 18.5. The molecule has 0 radical (unpaired) electrons. The molecule has 100 valence electrons. The van der Waals surface area contributed by atoms with Crippen molar-refractivity contribution in [1.29, 1.82) is 0 Å². The second-order valence-electron chi connectivity index (χ2n) is 6.18. The molecule has 1 N–H and O–H groups in total. The van der Waals surface area contributed by atoms with Crippen LogP contribution in [0.25, 0.3) is 0 Å². The number of hydrogen-bond acceptors (Lipinski definition) is 4. The number of hydrogen-bond donors (Lipinski definition) is 1. The topological polar surface area (TPSA) is 73.0 Å². The highest BCUT2D eigenvalue weighted by molar-refractivity contribution is 5.61. The highest BCUT2D eigenvalue weighted by Crippen LogP contribution is 2.64. The zero-order chi connectivity index (χ0) is 13.9. The Morgan fingerprint density at radius 1 is 1.33 bits per heavy atom. The first-order valence-electron chi connectivity index (χ1n) is 6.05. The van der Waals surface area contributed by atoms with Gasteiger partial charge >= 0.3 is 5.69 Å². The maximum absolute atomic E-state index is 11.1. The molecule has 1 fully saturated rings. The van der Waals surface area contributed by atoms with Crippen LogP contribution in [0, 0.1) is 27.9 Å². The van der Waals surface area contributed by atoms with Gasteiger partial charge in [0.05, 0.1) is 4.92 Å². The summed E-state index contributed by atoms with van der Waals surface area (Å²) in [6.07, 6.45) is 0. The minimum absolute atomic E-state index is 0.0796. The molecule has 0 aromatic carbocycles. The Labute approximate surface area is 107 Å². The van der Waals surface area contributed by atoms with Crippen molar-refractivity contribution in [2.45, 2.75) is 40.7 Å². The third-order valence-electron chi connectivity index (χ3n) is 4.67. The lowest BCUT2D eigenvalue weighted by molar-refractivity contribution is -0.384. The summed E-state index contributed by atoms with van der Waals surface area (Å²) in [7, 11) is 1.73. The summed E-state index contributed by atoms with van der Waals surface area (Å²) in [6.45, 7) is 10.3. The van der Waals surface area contributed by atoms with Gasteiger partial charge in [0.2, 0.25) is 5.82 Å². The van der Waals surface area contributed by atoms with Crippen LogP contribution in [-0.4, -0.2) is 20.7 Å². The first kappa shape index (κ1) is 12.9. The molecule has 1 aromatic heterocycles. The van der Waals surface area contributed by atoms with E-state index in [1.54, 1.807) is 18.7 Å². The van der Waals surface area contributed by atoms with Gasteiger partial charge in [0, 0.05) is 13.1 Å². The maximum atomic E-state index is 11.1. The first-order chi connectivity index (χ1) is 8.10. The fourth-order valence-corrected chi connectivity index (χ4v) is 2.72. The second kappa shape index (κ2) is 3.46. The molecule has 0 bridgehead atoms. The van der Waals surface area contributed by atoms with Crippen molar-refractivity contribution in [1.82, 2.24) is 9.78 Å². The molecule has 18 heavy (non-hydrogen) atoms. The highest BCUT2D eigenvalue weighted by Gasteiger charge is 2.65. The van der Waals surface area contributed by atoms with Gasteiger partial charge in [0.25, 0.3) is 0 Å². The lowest BCUT2D eigenvalue weighted by atomic mass is 10.0. The van der Waals surface area contributed by atoms with E-state index in [0.717, 1.165) is 0 Å². The molecule has 1 aliphatic carbocycles. The molecule has 6 heteroatoms. The van der Waals surface area contributed by atoms with Crippen LogP contribution in [-0.2, 0) is 7.05 Å². The summed E-state index contributed by atoms with van der Waals surface area (Å²) in [5.74, 6) is 0.501. The van der Waals surface area contributed by atoms with Gasteiger partial charge in [-0.25, -0.2) is 4.68 Å². The largest absolute Gasteiger partial charge is 0.361 e. The highest BCUT2D eigenvalue weighted by atomic mass is 16.6. The molecule has 6 nitrogen and oxygen atoms in total. The van der Waals surface area contributed by atoms with Crippen molar-refractivity contribution >= 4 is 11.5 Å². The number of rotatable bonds is 3. The van der Waals surface area contributed by atoms with Crippen LogP contribution in [0.1, 0.15) is 33.4 Å². The Balaban J connectivity index is 2.35. The van der Waals surface area contributed by atoms with Gasteiger partial charge in [-0.05, 0) is 17.8 Å². The number of nitrogens with zero attached hydrogens (tertiary/aromatic N) is 3. The Kier molecular flexibility index (Phi) is 2.47. The molecule has 1 saturated carbocycles. The summed E-state index contributed by atoms with van der Waals surface area (Å²) < 4.78 is 1.55. The fraction of sp³-hybridized carbons (Fsp3) is 0.750. The van der Waals surface area contributed by atoms with Crippen molar-refractivity contribution < 1.29 is 4.92 Å². The minimum atomic E-state index is -0.368. The summed E-state index contributed by atoms with van der Waals surface area (Å²) in [6, 6.07) is 0.221. The number of nitrogens with one attached hydrogen (secondary N) is 1. The van der Waals surface area contributed by atoms with Gasteiger partial charge in [-0.2, -0.15) is 5.10 Å². The molecule has 0 amide bonds. The van der Waals surface area contributed by atoms with Gasteiger partial charge < -0.3 is 5.32 Å². The molecule has 2 rings (SSSR count). The fourth-order valence-electron chi connectivity index (χ4n) is 2.72. The zero-order valence-corrected chi connectivity index (χ0v) is 11.7. The Morgan fingerprint density at radius 2 is 1.83 bits per heavy atom. The molecule has 0 unspecified atom stereocenters. The van der Waals surface area contributed by atoms with E-state index < -0.39 is 0 Å². The Morgan fingerprint density at radius 3 is 2.22 bits per heavy atom. The van der Waals surface area contributed by atoms with Crippen molar-refractivity contribution in [3.05, 3.63) is 15.8 Å². The van der Waals surface area contributed by atoms with E-state index in [9.17, 15) is 10.1 Å². The number of anilines is 1. The van der Waals surface area contributed by atoms with E-state index in [2.05, 4.69) is 38.1 Å². The van der Waals surface area contributed by atoms with Crippen molar-refractivity contribution in [2.24, 2.45) is 17.9 Å². The molecular formula is C12H20N4O2. The van der Waals surface area contributed by atoms with Crippen LogP contribution in [0.4, 0.5) is 11.5 Å². The molecule has 0 spiro atoms. The zero-order valence-electron chi connectivity index (χ0n) is 11.7. The normalized spacial score (nSPS) is 20.8. The molecule has 1 aliphatic rings. The van der Waals surface area contributed by atoms with Gasteiger partial charge in [0.15, 0.2) is 0 Å². The smallest absolute Gasteiger partial charge is 0.333 e. The van der Waals surface area contributed by atoms with Crippen LogP contribution in [0.2, 0.25) is 0 Å². The van der Waals surface area contributed by atoms with Crippen LogP contribution >= 0.6 is 0 Å². The first-order valence-corrected chi connectivity index (χ1v) is 6.05. The summed E-state index contributed by atoms with van der Waals surface area (Å²) >= 11 is 0. The van der Waals surface area contributed by atoms with E-state index in [1.165, 1.54) is 0 Å². The van der Waals surface area contributed by atoms with Crippen molar-refractivity contribution in [2.75, 3.05) is 5.32 Å². The molecule has 0 atom stereocenters. The predicted octanol–water partition coefficient (Wildman–Crippen LogP) is 2.48. The standard InChI is InChI=1S/C12H20N4O2/c1-7-8(16(17)18)9(15(6)14-7)13-10-11(2,3)12(10,4)5/h10,13H,1-6H3. The van der Waals surface area contributed by atoms with Gasteiger partial charge in [-0.3, -0.25) is 10.1 Å². The monoisotopic (exact) mass is 252 g/mol. The van der Waals surface area contributed by atoms with E-state index in [1.807, 2.05) is 0 Å². The second-order valence-corrected chi connectivity index (χ2v) is 6.18. The third-order valence-corrected chi connectivity index (χ3v) is 4.67. The van der Waals surface area contributed by atoms with Crippen LogP contribution in [0.3, 0.4) is 0 Å². The van der Waals surface area contributed by atoms with E-state index in [0.29, 0.717) is 11.5 Å². The quantitative estimate of drug-likeness (QED) is 0.662. The van der Waals surface area contributed by atoms with Gasteiger partial charge in [0.1, 0.15) is 5.69 Å². The van der Waals surface area contributed by atoms with Gasteiger partial charge in [-0.15, -0.1) is 0 Å². The van der Waals surface area contributed by atoms with Crippen LogP contribution in [0.5, 0.6) is 0 Å². The average molecular weight is 252 g/mol. The number of aryl methyl sites for hydroxylation is 2. The lowest BCUT2D eigenvalue weighted by Gasteiger charge is -2.07. The molecule has 0 aliphatic heterocycles. The third kappa shape index (κ3) is 1.51. The predicted molar refractivity (Wildman–Crippen MR) is 69.6 cm³/mol. The Hall–Kier alpha value is -1.59. The average Bonchev–Trinajstić information content (AvgIpc) is 2.50. The molecule has 1 heterocycles.